The molecule has 0 radical (unpaired) electrons. The topological polar surface area (TPSA) is 116 Å². The molecule has 0 saturated heterocycles. The number of nitrogens with zero attached hydrogens (tertiary/aromatic N) is 3. The minimum absolute atomic E-state index is 0.158. The maximum Gasteiger partial charge on any atom is 0.236 e. The summed E-state index contributed by atoms with van der Waals surface area (Å²) in [7, 11) is -3.47. The Balaban J connectivity index is 2.74. The van der Waals surface area contributed by atoms with Gasteiger partial charge in [0.05, 0.1) is 17.5 Å². The van der Waals surface area contributed by atoms with E-state index in [0.717, 1.165) is 19.1 Å². The number of guanidine groups is 1. The zero-order valence-corrected chi connectivity index (χ0v) is 15.1. The molecule has 7 nitrogen and oxygen atoms in total. The van der Waals surface area contributed by atoms with Gasteiger partial charge in [0.1, 0.15) is 0 Å². The number of benzene rings is 1. The van der Waals surface area contributed by atoms with Crippen molar-refractivity contribution in [1.29, 1.82) is 0 Å². The zero-order valence-electron chi connectivity index (χ0n) is 13.5. The van der Waals surface area contributed by atoms with Crippen LogP contribution in [0.2, 0.25) is 5.02 Å². The Morgan fingerprint density at radius 1 is 1.29 bits per heavy atom. The van der Waals surface area contributed by atoms with Crippen molar-refractivity contribution in [3.63, 3.8) is 0 Å². The predicted molar refractivity (Wildman–Crippen MR) is 99.1 cm³/mol. The van der Waals surface area contributed by atoms with E-state index >= 15 is 0 Å². The van der Waals surface area contributed by atoms with Gasteiger partial charge < -0.3 is 11.5 Å². The van der Waals surface area contributed by atoms with Gasteiger partial charge in [0.15, 0.2) is 0 Å². The van der Waals surface area contributed by atoms with Crippen LogP contribution in [0.5, 0.6) is 0 Å². The van der Waals surface area contributed by atoms with Gasteiger partial charge in [-0.2, -0.15) is 5.10 Å². The monoisotopic (exact) mass is 369 g/mol. The lowest BCUT2D eigenvalue weighted by Gasteiger charge is -2.03. The largest absolute Gasteiger partial charge is 0.369 e. The summed E-state index contributed by atoms with van der Waals surface area (Å²) >= 11 is 6.08. The van der Waals surface area contributed by atoms with Crippen LogP contribution >= 0.6 is 11.6 Å². The number of aromatic nitrogens is 1. The number of hydrogen-bond donors (Lipinski definition) is 2. The Hall–Kier alpha value is -2.06. The van der Waals surface area contributed by atoms with Crippen LogP contribution in [0.25, 0.3) is 10.9 Å². The summed E-state index contributed by atoms with van der Waals surface area (Å²) in [5.41, 5.74) is 12.5. The normalized spacial score (nSPS) is 12.5. The lowest BCUT2D eigenvalue weighted by molar-refractivity contribution is 0.595. The number of halogens is 1. The molecular weight excluding hydrogens is 350 g/mol. The van der Waals surface area contributed by atoms with Crippen molar-refractivity contribution in [1.82, 2.24) is 3.97 Å². The number of nitrogens with two attached hydrogens (primary N) is 2. The molecule has 0 saturated carbocycles. The van der Waals surface area contributed by atoms with Gasteiger partial charge in [0.25, 0.3) is 0 Å². The first-order chi connectivity index (χ1) is 11.2. The number of rotatable bonds is 6. The van der Waals surface area contributed by atoms with Gasteiger partial charge in [-0.3, -0.25) is 0 Å². The Bertz CT molecular complexity index is 911. The Morgan fingerprint density at radius 3 is 2.58 bits per heavy atom. The van der Waals surface area contributed by atoms with Crippen molar-refractivity contribution >= 4 is 44.2 Å². The van der Waals surface area contributed by atoms with Gasteiger partial charge in [-0.1, -0.05) is 24.9 Å². The van der Waals surface area contributed by atoms with E-state index in [1.165, 1.54) is 10.2 Å². The third kappa shape index (κ3) is 4.07. The molecule has 0 spiro atoms. The fourth-order valence-corrected chi connectivity index (χ4v) is 3.36. The van der Waals surface area contributed by atoms with Gasteiger partial charge in [-0.15, -0.1) is 5.10 Å². The van der Waals surface area contributed by atoms with E-state index in [4.69, 9.17) is 23.1 Å². The molecule has 1 heterocycles. The van der Waals surface area contributed by atoms with Crippen molar-refractivity contribution in [2.24, 2.45) is 21.7 Å². The molecule has 4 N–H and O–H groups in total. The van der Waals surface area contributed by atoms with Gasteiger partial charge in [-0.25, -0.2) is 12.4 Å². The highest BCUT2D eigenvalue weighted by Crippen LogP contribution is 2.28. The van der Waals surface area contributed by atoms with E-state index in [0.29, 0.717) is 33.6 Å². The van der Waals surface area contributed by atoms with E-state index in [2.05, 4.69) is 17.1 Å². The van der Waals surface area contributed by atoms with E-state index in [9.17, 15) is 8.42 Å². The van der Waals surface area contributed by atoms with E-state index in [1.54, 1.807) is 18.2 Å². The molecule has 1 aromatic carbocycles. The third-order valence-corrected chi connectivity index (χ3v) is 4.71. The van der Waals surface area contributed by atoms with Crippen molar-refractivity contribution in [3.05, 3.63) is 35.0 Å². The first-order valence-corrected chi connectivity index (χ1v) is 9.63. The summed E-state index contributed by atoms with van der Waals surface area (Å²) in [6.07, 6.45) is 5.11. The molecule has 130 valence electrons. The van der Waals surface area contributed by atoms with Crippen molar-refractivity contribution in [3.8, 4) is 0 Å². The summed E-state index contributed by atoms with van der Waals surface area (Å²) < 4.78 is 25.4. The van der Waals surface area contributed by atoms with Gasteiger partial charge >= 0.3 is 0 Å². The van der Waals surface area contributed by atoms with Crippen LogP contribution in [0.3, 0.4) is 0 Å². The molecule has 1 aromatic heterocycles. The molecule has 0 bridgehead atoms. The standard InChI is InChI=1S/C15H20ClN5O2S/c1-3-4-5-13(19-20-15(17)18)12-9-21(24(2,22)23)14-7-6-10(16)8-11(12)14/h6-9H,3-5H2,1-2H3,(H4,17,18,20). The van der Waals surface area contributed by atoms with Crippen LogP contribution in [0, 0.1) is 0 Å². The smallest absolute Gasteiger partial charge is 0.236 e. The maximum absolute atomic E-state index is 12.1. The molecule has 0 unspecified atom stereocenters. The van der Waals surface area contributed by atoms with Crippen molar-refractivity contribution in [2.45, 2.75) is 26.2 Å². The van der Waals surface area contributed by atoms with Crippen LogP contribution in [-0.4, -0.2) is 30.3 Å². The molecule has 0 aliphatic heterocycles. The van der Waals surface area contributed by atoms with E-state index in [1.807, 2.05) is 0 Å². The second-order valence-corrected chi connectivity index (χ2v) is 7.73. The van der Waals surface area contributed by atoms with Crippen LogP contribution in [0.1, 0.15) is 31.7 Å². The van der Waals surface area contributed by atoms with Gasteiger partial charge in [0, 0.05) is 22.2 Å². The molecule has 9 heteroatoms. The summed E-state index contributed by atoms with van der Waals surface area (Å²) in [4.78, 5) is 0. The fraction of sp³-hybridized carbons (Fsp3) is 0.333. The molecular formula is C15H20ClN5O2S. The number of fused-ring (bicyclic) bond motifs is 1. The minimum Gasteiger partial charge on any atom is -0.369 e. The summed E-state index contributed by atoms with van der Waals surface area (Å²) in [6.45, 7) is 2.05. The lowest BCUT2D eigenvalue weighted by atomic mass is 10.0. The maximum atomic E-state index is 12.1. The Morgan fingerprint density at radius 2 is 2.00 bits per heavy atom. The first-order valence-electron chi connectivity index (χ1n) is 7.41. The highest BCUT2D eigenvalue weighted by atomic mass is 35.5. The third-order valence-electron chi connectivity index (χ3n) is 3.45. The van der Waals surface area contributed by atoms with Crippen LogP contribution in [-0.2, 0) is 10.0 Å². The average Bonchev–Trinajstić information content (AvgIpc) is 2.86. The quantitative estimate of drug-likeness (QED) is 0.461. The second-order valence-electron chi connectivity index (χ2n) is 5.44. The molecule has 2 rings (SSSR count). The molecule has 2 aromatic rings. The Labute approximate surface area is 146 Å². The van der Waals surface area contributed by atoms with Crippen LogP contribution < -0.4 is 11.5 Å². The molecule has 0 atom stereocenters. The van der Waals surface area contributed by atoms with E-state index < -0.39 is 10.0 Å². The molecule has 24 heavy (non-hydrogen) atoms. The summed E-state index contributed by atoms with van der Waals surface area (Å²) in [6, 6.07) is 5.03. The first kappa shape index (κ1) is 18.3. The SMILES string of the molecule is CCCCC(=NN=C(N)N)c1cn(S(C)(=O)=O)c2ccc(Cl)cc12. The average molecular weight is 370 g/mol. The fourth-order valence-electron chi connectivity index (χ4n) is 2.38. The molecule has 0 amide bonds. The predicted octanol–water partition coefficient (Wildman–Crippen LogP) is 2.27. The highest BCUT2D eigenvalue weighted by Gasteiger charge is 2.18. The van der Waals surface area contributed by atoms with Crippen LogP contribution in [0.4, 0.5) is 0 Å². The summed E-state index contributed by atoms with van der Waals surface area (Å²) in [5.74, 6) is -0.158. The minimum atomic E-state index is -3.47. The zero-order chi connectivity index (χ0) is 17.9. The van der Waals surface area contributed by atoms with Crippen LogP contribution in [0.15, 0.2) is 34.6 Å². The highest BCUT2D eigenvalue weighted by molar-refractivity contribution is 7.89. The van der Waals surface area contributed by atoms with Gasteiger partial charge in [-0.05, 0) is 31.0 Å². The van der Waals surface area contributed by atoms with Crippen molar-refractivity contribution in [2.75, 3.05) is 6.26 Å². The number of hydrogen-bond acceptors (Lipinski definition) is 4. The molecule has 0 aliphatic rings. The second kappa shape index (κ2) is 7.23. The van der Waals surface area contributed by atoms with Crippen molar-refractivity contribution < 1.29 is 8.42 Å². The molecule has 0 aliphatic carbocycles. The molecule has 0 fully saturated rings. The summed E-state index contributed by atoms with van der Waals surface area (Å²) in [5, 5.41) is 9.03. The lowest BCUT2D eigenvalue weighted by Crippen LogP contribution is -2.22. The number of unbranched alkanes of at least 4 members (excludes halogenated alkanes) is 1. The van der Waals surface area contributed by atoms with Gasteiger partial charge in [0.2, 0.25) is 16.0 Å². The Kier molecular flexibility index (Phi) is 5.51. The van der Waals surface area contributed by atoms with E-state index in [-0.39, 0.29) is 5.96 Å².